The van der Waals surface area contributed by atoms with Gasteiger partial charge in [0.25, 0.3) is 0 Å². The Morgan fingerprint density at radius 3 is 2.42 bits per heavy atom. The van der Waals surface area contributed by atoms with Crippen molar-refractivity contribution >= 4 is 11.6 Å². The smallest absolute Gasteiger partial charge is 0.229 e. The highest BCUT2D eigenvalue weighted by atomic mass is 16.5. The molecule has 0 heterocycles. The Hall–Kier alpha value is -2.69. The molecule has 0 aliphatic rings. The van der Waals surface area contributed by atoms with E-state index in [4.69, 9.17) is 14.2 Å². The van der Waals surface area contributed by atoms with Crippen LogP contribution in [0.15, 0.2) is 36.4 Å². The van der Waals surface area contributed by atoms with Gasteiger partial charge >= 0.3 is 0 Å². The maximum absolute atomic E-state index is 12.4. The number of amides is 1. The molecule has 2 rings (SSSR count). The van der Waals surface area contributed by atoms with E-state index in [1.54, 1.807) is 14.2 Å². The molecule has 0 atom stereocenters. The number of nitrogens with one attached hydrogen (secondary N) is 1. The molecule has 5 heteroatoms. The van der Waals surface area contributed by atoms with Crippen molar-refractivity contribution in [3.8, 4) is 17.2 Å². The van der Waals surface area contributed by atoms with Crippen molar-refractivity contribution in [1.82, 2.24) is 0 Å². The molecule has 0 aliphatic heterocycles. The van der Waals surface area contributed by atoms with E-state index in [1.807, 2.05) is 50.2 Å². The summed E-state index contributed by atoms with van der Waals surface area (Å²) in [4.78, 5) is 12.4. The van der Waals surface area contributed by atoms with E-state index in [1.165, 1.54) is 0 Å². The van der Waals surface area contributed by atoms with Gasteiger partial charge in [0.05, 0.1) is 32.9 Å². The van der Waals surface area contributed by atoms with Crippen molar-refractivity contribution in [1.29, 1.82) is 0 Å². The summed E-state index contributed by atoms with van der Waals surface area (Å²) < 4.78 is 16.2. The lowest BCUT2D eigenvalue weighted by Gasteiger charge is -2.14. The summed E-state index contributed by atoms with van der Waals surface area (Å²) in [5.41, 5.74) is 2.38. The van der Waals surface area contributed by atoms with Crippen LogP contribution in [0.1, 0.15) is 18.1 Å². The third-order valence-corrected chi connectivity index (χ3v) is 3.61. The SMILES string of the molecule is CCOc1ccccc1NC(=O)Cc1cc(OC)c(C)cc1OC. The molecule has 24 heavy (non-hydrogen) atoms. The average molecular weight is 329 g/mol. The van der Waals surface area contributed by atoms with Crippen LogP contribution in [0.3, 0.4) is 0 Å². The summed E-state index contributed by atoms with van der Waals surface area (Å²) in [7, 11) is 3.20. The molecule has 128 valence electrons. The molecule has 2 aromatic rings. The summed E-state index contributed by atoms with van der Waals surface area (Å²) in [6.07, 6.45) is 0.181. The minimum atomic E-state index is -0.147. The molecule has 0 fully saturated rings. The molecule has 0 saturated carbocycles. The van der Waals surface area contributed by atoms with Gasteiger partial charge in [0.15, 0.2) is 0 Å². The second-order valence-corrected chi connectivity index (χ2v) is 5.29. The highest BCUT2D eigenvalue weighted by Crippen LogP contribution is 2.29. The zero-order chi connectivity index (χ0) is 17.5. The number of para-hydroxylation sites is 2. The Bertz CT molecular complexity index is 713. The maximum atomic E-state index is 12.4. The van der Waals surface area contributed by atoms with Gasteiger partial charge in [-0.05, 0) is 43.7 Å². The number of rotatable bonds is 7. The first-order valence-electron chi connectivity index (χ1n) is 7.82. The Balaban J connectivity index is 2.18. The molecular formula is C19H23NO4. The van der Waals surface area contributed by atoms with Crippen molar-refractivity contribution in [2.45, 2.75) is 20.3 Å². The van der Waals surface area contributed by atoms with E-state index in [-0.39, 0.29) is 12.3 Å². The fourth-order valence-electron chi connectivity index (χ4n) is 2.47. The number of hydrogen-bond acceptors (Lipinski definition) is 4. The minimum Gasteiger partial charge on any atom is -0.496 e. The molecule has 1 amide bonds. The van der Waals surface area contributed by atoms with Crippen LogP contribution in [-0.2, 0) is 11.2 Å². The summed E-state index contributed by atoms with van der Waals surface area (Å²) in [6.45, 7) is 4.38. The fourth-order valence-corrected chi connectivity index (χ4v) is 2.47. The number of carbonyl (C=O) groups is 1. The second-order valence-electron chi connectivity index (χ2n) is 5.29. The lowest BCUT2D eigenvalue weighted by atomic mass is 10.1. The Morgan fingerprint density at radius 1 is 1.04 bits per heavy atom. The molecule has 5 nitrogen and oxygen atoms in total. The van der Waals surface area contributed by atoms with Crippen LogP contribution in [0.2, 0.25) is 0 Å². The highest BCUT2D eigenvalue weighted by molar-refractivity contribution is 5.94. The van der Waals surface area contributed by atoms with Crippen molar-refractivity contribution in [2.24, 2.45) is 0 Å². The Labute approximate surface area is 142 Å². The average Bonchev–Trinajstić information content (AvgIpc) is 2.58. The lowest BCUT2D eigenvalue weighted by molar-refractivity contribution is -0.115. The van der Waals surface area contributed by atoms with Gasteiger partial charge in [-0.25, -0.2) is 0 Å². The van der Waals surface area contributed by atoms with Gasteiger partial charge in [-0.15, -0.1) is 0 Å². The van der Waals surface area contributed by atoms with Crippen LogP contribution in [0.5, 0.6) is 17.2 Å². The first-order chi connectivity index (χ1) is 11.6. The molecule has 0 aromatic heterocycles. The van der Waals surface area contributed by atoms with E-state index in [9.17, 15) is 4.79 Å². The Morgan fingerprint density at radius 2 is 1.75 bits per heavy atom. The number of ether oxygens (including phenoxy) is 3. The first-order valence-corrected chi connectivity index (χ1v) is 7.82. The van der Waals surface area contributed by atoms with Crippen molar-refractivity contribution < 1.29 is 19.0 Å². The standard InChI is InChI=1S/C19H23NO4/c1-5-24-16-9-7-6-8-15(16)20-19(21)12-14-11-17(22-3)13(2)10-18(14)23-4/h6-11H,5,12H2,1-4H3,(H,20,21). The molecule has 0 spiro atoms. The van der Waals surface area contributed by atoms with Gasteiger partial charge in [-0.2, -0.15) is 0 Å². The molecule has 0 aliphatic carbocycles. The number of methoxy groups -OCH3 is 2. The number of hydrogen-bond donors (Lipinski definition) is 1. The van der Waals surface area contributed by atoms with Gasteiger partial charge in [-0.3, -0.25) is 4.79 Å². The largest absolute Gasteiger partial charge is 0.496 e. The topological polar surface area (TPSA) is 56.8 Å². The molecule has 0 saturated heterocycles. The first kappa shape index (κ1) is 17.7. The van der Waals surface area contributed by atoms with E-state index in [0.717, 1.165) is 16.9 Å². The summed E-state index contributed by atoms with van der Waals surface area (Å²) in [6, 6.07) is 11.1. The molecule has 1 N–H and O–H groups in total. The number of anilines is 1. The maximum Gasteiger partial charge on any atom is 0.229 e. The molecule has 2 aromatic carbocycles. The van der Waals surface area contributed by atoms with Crippen LogP contribution < -0.4 is 19.5 Å². The monoisotopic (exact) mass is 329 g/mol. The predicted molar refractivity (Wildman–Crippen MR) is 94.2 cm³/mol. The lowest BCUT2D eigenvalue weighted by Crippen LogP contribution is -2.16. The van der Waals surface area contributed by atoms with Crippen LogP contribution in [0.4, 0.5) is 5.69 Å². The number of aryl methyl sites for hydroxylation is 1. The van der Waals surface area contributed by atoms with Crippen molar-refractivity contribution in [2.75, 3.05) is 26.1 Å². The van der Waals surface area contributed by atoms with Crippen LogP contribution >= 0.6 is 0 Å². The molecule has 0 radical (unpaired) electrons. The number of benzene rings is 2. The second kappa shape index (κ2) is 8.24. The van der Waals surface area contributed by atoms with Crippen LogP contribution in [0, 0.1) is 6.92 Å². The third kappa shape index (κ3) is 4.19. The molecular weight excluding hydrogens is 306 g/mol. The van der Waals surface area contributed by atoms with Gasteiger partial charge < -0.3 is 19.5 Å². The van der Waals surface area contributed by atoms with Gasteiger partial charge in [0, 0.05) is 5.56 Å². The number of carbonyl (C=O) groups excluding carboxylic acids is 1. The summed E-state index contributed by atoms with van der Waals surface area (Å²) in [5.74, 6) is 1.91. The van der Waals surface area contributed by atoms with Gasteiger partial charge in [0.1, 0.15) is 17.2 Å². The zero-order valence-electron chi connectivity index (χ0n) is 14.5. The van der Waals surface area contributed by atoms with E-state index in [2.05, 4.69) is 5.32 Å². The minimum absolute atomic E-state index is 0.147. The molecule has 0 unspecified atom stereocenters. The fraction of sp³-hybridized carbons (Fsp3) is 0.316. The van der Waals surface area contributed by atoms with Crippen LogP contribution in [0.25, 0.3) is 0 Å². The summed E-state index contributed by atoms with van der Waals surface area (Å²) >= 11 is 0. The predicted octanol–water partition coefficient (Wildman–Crippen LogP) is 3.59. The Kier molecular flexibility index (Phi) is 6.07. The quantitative estimate of drug-likeness (QED) is 0.843. The zero-order valence-corrected chi connectivity index (χ0v) is 14.5. The van der Waals surface area contributed by atoms with E-state index >= 15 is 0 Å². The van der Waals surface area contributed by atoms with E-state index in [0.29, 0.717) is 23.8 Å². The summed E-state index contributed by atoms with van der Waals surface area (Å²) in [5, 5.41) is 2.89. The van der Waals surface area contributed by atoms with Crippen molar-refractivity contribution in [3.63, 3.8) is 0 Å². The van der Waals surface area contributed by atoms with E-state index < -0.39 is 0 Å². The van der Waals surface area contributed by atoms with Crippen molar-refractivity contribution in [3.05, 3.63) is 47.5 Å². The van der Waals surface area contributed by atoms with Gasteiger partial charge in [0.2, 0.25) is 5.91 Å². The third-order valence-electron chi connectivity index (χ3n) is 3.61. The van der Waals surface area contributed by atoms with Gasteiger partial charge in [-0.1, -0.05) is 12.1 Å². The molecule has 0 bridgehead atoms. The normalized spacial score (nSPS) is 10.2. The highest BCUT2D eigenvalue weighted by Gasteiger charge is 2.14. The van der Waals surface area contributed by atoms with Crippen LogP contribution in [-0.4, -0.2) is 26.7 Å².